The predicted octanol–water partition coefficient (Wildman–Crippen LogP) is 3.94. The lowest BCUT2D eigenvalue weighted by atomic mass is 9.82. The number of nitrogens with zero attached hydrogens (tertiary/aromatic N) is 5. The van der Waals surface area contributed by atoms with E-state index >= 15 is 0 Å². The number of amidine groups is 1. The zero-order chi connectivity index (χ0) is 20.1. The first kappa shape index (κ1) is 20.8. The Morgan fingerprint density at radius 1 is 1.21 bits per heavy atom. The normalized spacial score (nSPS) is 32.2. The van der Waals surface area contributed by atoms with Crippen LogP contribution < -0.4 is 5.84 Å². The van der Waals surface area contributed by atoms with Crippen molar-refractivity contribution < 1.29 is 0 Å². The minimum atomic E-state index is -0.156. The summed E-state index contributed by atoms with van der Waals surface area (Å²) in [6.07, 6.45) is 16.5. The standard InChI is InChI=1S/C22H34N6S/c1-22(11-16-29-21(24-22)25-26-23)19-9-7-18(8-10-19)17-27-12-14-28(15-13-27)20-5-3-2-4-6-20/h2-3,7,9,20H,4-6,8,10-17H2,1H3,(H2,23,24,25). The first-order valence-electron chi connectivity index (χ1n) is 11.0. The molecule has 0 aromatic rings. The van der Waals surface area contributed by atoms with Crippen molar-refractivity contribution >= 4 is 16.9 Å². The van der Waals surface area contributed by atoms with E-state index in [1.54, 1.807) is 17.3 Å². The number of rotatable bonds is 4. The lowest BCUT2D eigenvalue weighted by Crippen LogP contribution is -2.50. The van der Waals surface area contributed by atoms with E-state index in [-0.39, 0.29) is 5.54 Å². The molecule has 2 aliphatic carbocycles. The van der Waals surface area contributed by atoms with Gasteiger partial charge in [0, 0.05) is 44.5 Å². The molecule has 2 aliphatic heterocycles. The summed E-state index contributed by atoms with van der Waals surface area (Å²) in [6.45, 7) is 8.17. The molecule has 0 radical (unpaired) electrons. The molecule has 2 N–H and O–H groups in total. The first-order chi connectivity index (χ1) is 14.2. The van der Waals surface area contributed by atoms with Crippen LogP contribution in [0.15, 0.2) is 50.8 Å². The smallest absolute Gasteiger partial charge is 0.207 e. The summed E-state index contributed by atoms with van der Waals surface area (Å²) in [5.41, 5.74) is 2.82. The molecular formula is C22H34N6S. The van der Waals surface area contributed by atoms with Gasteiger partial charge < -0.3 is 5.84 Å². The molecule has 0 aromatic carbocycles. The Balaban J connectivity index is 1.31. The van der Waals surface area contributed by atoms with E-state index < -0.39 is 0 Å². The van der Waals surface area contributed by atoms with Crippen molar-refractivity contribution in [1.82, 2.24) is 9.80 Å². The fourth-order valence-corrected chi connectivity index (χ4v) is 5.97. The second kappa shape index (κ2) is 9.58. The summed E-state index contributed by atoms with van der Waals surface area (Å²) < 4.78 is 0. The van der Waals surface area contributed by atoms with Crippen LogP contribution in [0.25, 0.3) is 0 Å². The van der Waals surface area contributed by atoms with Gasteiger partial charge >= 0.3 is 0 Å². The van der Waals surface area contributed by atoms with Gasteiger partial charge in [-0.2, -0.15) is 0 Å². The summed E-state index contributed by atoms with van der Waals surface area (Å²) >= 11 is 1.64. The van der Waals surface area contributed by atoms with Gasteiger partial charge in [-0.05, 0) is 51.0 Å². The molecule has 0 spiro atoms. The van der Waals surface area contributed by atoms with Crippen LogP contribution in [0.4, 0.5) is 0 Å². The lowest BCUT2D eigenvalue weighted by Gasteiger charge is -2.40. The maximum Gasteiger partial charge on any atom is 0.207 e. The van der Waals surface area contributed by atoms with Gasteiger partial charge in [0.25, 0.3) is 0 Å². The Morgan fingerprint density at radius 3 is 2.76 bits per heavy atom. The van der Waals surface area contributed by atoms with E-state index in [0.717, 1.165) is 37.6 Å². The number of nitrogens with two attached hydrogens (primary N) is 1. The average molecular weight is 415 g/mol. The summed E-state index contributed by atoms with van der Waals surface area (Å²) in [5.74, 6) is 6.23. The molecule has 0 aromatic heterocycles. The van der Waals surface area contributed by atoms with Crippen molar-refractivity contribution in [2.45, 2.75) is 57.0 Å². The summed E-state index contributed by atoms with van der Waals surface area (Å²) in [4.78, 5) is 10.2. The minimum Gasteiger partial charge on any atom is -0.304 e. The van der Waals surface area contributed by atoms with Crippen molar-refractivity contribution in [2.24, 2.45) is 21.2 Å². The largest absolute Gasteiger partial charge is 0.304 e. The topological polar surface area (TPSA) is 69.6 Å². The van der Waals surface area contributed by atoms with Crippen molar-refractivity contribution in [1.29, 1.82) is 0 Å². The highest BCUT2D eigenvalue weighted by molar-refractivity contribution is 8.13. The van der Waals surface area contributed by atoms with Crippen molar-refractivity contribution in [2.75, 3.05) is 38.5 Å². The highest BCUT2D eigenvalue weighted by Gasteiger charge is 2.33. The van der Waals surface area contributed by atoms with Gasteiger partial charge in [0.05, 0.1) is 5.54 Å². The zero-order valence-corrected chi connectivity index (χ0v) is 18.4. The summed E-state index contributed by atoms with van der Waals surface area (Å²) in [7, 11) is 0. The number of thioether (sulfide) groups is 1. The van der Waals surface area contributed by atoms with Crippen LogP contribution in [0.3, 0.4) is 0 Å². The second-order valence-electron chi connectivity index (χ2n) is 8.75. The van der Waals surface area contributed by atoms with Crippen LogP contribution >= 0.6 is 11.8 Å². The van der Waals surface area contributed by atoms with Crippen LogP contribution in [0.5, 0.6) is 0 Å². The third-order valence-corrected chi connectivity index (χ3v) is 7.66. The molecule has 1 saturated heterocycles. The van der Waals surface area contributed by atoms with E-state index in [0.29, 0.717) is 5.17 Å². The van der Waals surface area contributed by atoms with Crippen LogP contribution in [0.1, 0.15) is 45.4 Å². The Hall–Kier alpha value is -1.44. The van der Waals surface area contributed by atoms with Gasteiger partial charge in [0.1, 0.15) is 0 Å². The van der Waals surface area contributed by atoms with Crippen LogP contribution in [-0.2, 0) is 0 Å². The second-order valence-corrected chi connectivity index (χ2v) is 9.81. The van der Waals surface area contributed by atoms with E-state index in [1.807, 2.05) is 0 Å². The third kappa shape index (κ3) is 5.19. The monoisotopic (exact) mass is 414 g/mol. The molecule has 1 fully saturated rings. The van der Waals surface area contributed by atoms with E-state index in [4.69, 9.17) is 10.8 Å². The molecule has 29 heavy (non-hydrogen) atoms. The average Bonchev–Trinajstić information content (AvgIpc) is 2.76. The van der Waals surface area contributed by atoms with Gasteiger partial charge in [-0.15, -0.1) is 5.11 Å². The highest BCUT2D eigenvalue weighted by Crippen LogP contribution is 2.37. The number of aliphatic imine (C=N–C) groups is 1. The minimum absolute atomic E-state index is 0.156. The SMILES string of the molecule is CC1(C2=CC=C(CN3CCN(C4CC=CCC4)CC3)CC2)CCSC(N=NN)=N1. The van der Waals surface area contributed by atoms with Crippen LogP contribution in [0, 0.1) is 0 Å². The van der Waals surface area contributed by atoms with Crippen molar-refractivity contribution in [3.63, 3.8) is 0 Å². The Labute approximate surface area is 179 Å². The molecule has 0 bridgehead atoms. The molecule has 2 atom stereocenters. The van der Waals surface area contributed by atoms with Gasteiger partial charge in [0.2, 0.25) is 5.17 Å². The highest BCUT2D eigenvalue weighted by atomic mass is 32.2. The molecule has 6 nitrogen and oxygen atoms in total. The van der Waals surface area contributed by atoms with Crippen molar-refractivity contribution in [3.05, 3.63) is 35.5 Å². The predicted molar refractivity (Wildman–Crippen MR) is 122 cm³/mol. The summed E-state index contributed by atoms with van der Waals surface area (Å²) in [6, 6.07) is 0.778. The lowest BCUT2D eigenvalue weighted by molar-refractivity contribution is 0.0964. The Morgan fingerprint density at radius 2 is 2.07 bits per heavy atom. The third-order valence-electron chi connectivity index (χ3n) is 6.82. The van der Waals surface area contributed by atoms with Gasteiger partial charge in [-0.1, -0.05) is 46.9 Å². The molecular weight excluding hydrogens is 380 g/mol. The van der Waals surface area contributed by atoms with Gasteiger partial charge in [0.15, 0.2) is 0 Å². The summed E-state index contributed by atoms with van der Waals surface area (Å²) in [5, 5.41) is 8.09. The molecule has 2 unspecified atom stereocenters. The molecule has 2 heterocycles. The van der Waals surface area contributed by atoms with Crippen LogP contribution in [-0.4, -0.2) is 65.0 Å². The van der Waals surface area contributed by atoms with E-state index in [1.165, 1.54) is 51.0 Å². The quantitative estimate of drug-likeness (QED) is 0.327. The van der Waals surface area contributed by atoms with E-state index in [9.17, 15) is 0 Å². The number of hydrogen-bond donors (Lipinski definition) is 1. The number of piperazine rings is 1. The maximum absolute atomic E-state index is 5.21. The molecule has 4 rings (SSSR count). The van der Waals surface area contributed by atoms with Gasteiger partial charge in [-0.3, -0.25) is 9.80 Å². The Kier molecular flexibility index (Phi) is 6.88. The zero-order valence-electron chi connectivity index (χ0n) is 17.6. The molecule has 0 amide bonds. The molecule has 0 saturated carbocycles. The fraction of sp³-hybridized carbons (Fsp3) is 0.682. The first-order valence-corrected chi connectivity index (χ1v) is 12.0. The Bertz CT molecular complexity index is 732. The fourth-order valence-electron chi connectivity index (χ4n) is 4.92. The van der Waals surface area contributed by atoms with E-state index in [2.05, 4.69) is 51.4 Å². The van der Waals surface area contributed by atoms with Crippen LogP contribution in [0.2, 0.25) is 0 Å². The molecule has 158 valence electrons. The molecule has 4 aliphatic rings. The number of hydrogen-bond acceptors (Lipinski definition) is 6. The molecule has 7 heteroatoms. The number of allylic oxidation sites excluding steroid dienone is 3. The van der Waals surface area contributed by atoms with Gasteiger partial charge in [-0.25, -0.2) is 4.99 Å². The maximum atomic E-state index is 5.21. The van der Waals surface area contributed by atoms with Crippen molar-refractivity contribution in [3.8, 4) is 0 Å².